The fraction of sp³-hybridized carbons (Fsp3) is 0. The standard InChI is InChI=1S/C19H13NO3S/c21-24(22,23)14-10-11-15-16-8-4-5-9-18(16)20-19(17(15)12-14)13-6-2-1-3-7-13/h1-12H,(H,21,22,23)/p-1. The summed E-state index contributed by atoms with van der Waals surface area (Å²) in [5, 5.41) is 2.44. The first-order chi connectivity index (χ1) is 11.5. The monoisotopic (exact) mass is 334 g/mol. The molecule has 0 N–H and O–H groups in total. The molecule has 0 saturated heterocycles. The molecule has 0 amide bonds. The van der Waals surface area contributed by atoms with Crippen molar-refractivity contribution in [2.24, 2.45) is 0 Å². The van der Waals surface area contributed by atoms with Gasteiger partial charge in [-0.1, -0.05) is 54.6 Å². The first-order valence-corrected chi connectivity index (χ1v) is 8.79. The largest absolute Gasteiger partial charge is 0.744 e. The third-order valence-corrected chi connectivity index (χ3v) is 4.84. The zero-order valence-corrected chi connectivity index (χ0v) is 13.3. The third-order valence-electron chi connectivity index (χ3n) is 4.01. The average Bonchev–Trinajstić information content (AvgIpc) is 2.60. The molecule has 1 aromatic heterocycles. The molecule has 0 radical (unpaired) electrons. The highest BCUT2D eigenvalue weighted by molar-refractivity contribution is 7.85. The Hall–Kier alpha value is -2.76. The Balaban J connectivity index is 2.18. The van der Waals surface area contributed by atoms with Gasteiger partial charge >= 0.3 is 0 Å². The van der Waals surface area contributed by atoms with Crippen LogP contribution in [-0.2, 0) is 10.1 Å². The molecule has 1 heterocycles. The van der Waals surface area contributed by atoms with Gasteiger partial charge in [-0.3, -0.25) is 0 Å². The van der Waals surface area contributed by atoms with E-state index >= 15 is 0 Å². The van der Waals surface area contributed by atoms with Crippen LogP contribution < -0.4 is 0 Å². The molecule has 4 nitrogen and oxygen atoms in total. The van der Waals surface area contributed by atoms with Crippen LogP contribution in [0.5, 0.6) is 0 Å². The number of nitrogens with zero attached hydrogens (tertiary/aromatic N) is 1. The fourth-order valence-electron chi connectivity index (χ4n) is 2.91. The van der Waals surface area contributed by atoms with E-state index in [1.807, 2.05) is 54.6 Å². The first-order valence-electron chi connectivity index (χ1n) is 7.38. The number of aromatic nitrogens is 1. The summed E-state index contributed by atoms with van der Waals surface area (Å²) in [6.07, 6.45) is 0. The SMILES string of the molecule is O=S(=O)([O-])c1ccc2c(c1)c(-c1ccccc1)nc1ccccc12. The van der Waals surface area contributed by atoms with Gasteiger partial charge in [-0.15, -0.1) is 0 Å². The van der Waals surface area contributed by atoms with E-state index < -0.39 is 10.1 Å². The number of pyridine rings is 1. The number of benzene rings is 3. The van der Waals surface area contributed by atoms with Gasteiger partial charge in [-0.25, -0.2) is 13.4 Å². The number of hydrogen-bond donors (Lipinski definition) is 0. The van der Waals surface area contributed by atoms with Crippen LogP contribution in [0.15, 0.2) is 77.7 Å². The Bertz CT molecular complexity index is 1170. The molecule has 0 fully saturated rings. The normalized spacial score (nSPS) is 11.9. The van der Waals surface area contributed by atoms with Crippen molar-refractivity contribution in [3.05, 3.63) is 72.8 Å². The molecule has 4 aromatic rings. The number of fused-ring (bicyclic) bond motifs is 3. The van der Waals surface area contributed by atoms with Crippen LogP contribution in [0.4, 0.5) is 0 Å². The smallest absolute Gasteiger partial charge is 0.124 e. The quantitative estimate of drug-likeness (QED) is 0.411. The first kappa shape index (κ1) is 14.8. The maximum atomic E-state index is 11.4. The van der Waals surface area contributed by atoms with Crippen molar-refractivity contribution in [2.75, 3.05) is 0 Å². The molecule has 3 aromatic carbocycles. The van der Waals surface area contributed by atoms with Gasteiger partial charge < -0.3 is 4.55 Å². The lowest BCUT2D eigenvalue weighted by atomic mass is 10.00. The topological polar surface area (TPSA) is 70.1 Å². The molecular formula is C19H12NO3S-. The second-order valence-corrected chi connectivity index (χ2v) is 6.88. The van der Waals surface area contributed by atoms with Crippen molar-refractivity contribution >= 4 is 31.8 Å². The predicted octanol–water partition coefficient (Wildman–Crippen LogP) is 3.96. The van der Waals surface area contributed by atoms with Crippen molar-refractivity contribution in [3.8, 4) is 11.3 Å². The van der Waals surface area contributed by atoms with Gasteiger partial charge in [0.25, 0.3) is 0 Å². The Morgan fingerprint density at radius 1 is 0.750 bits per heavy atom. The summed E-state index contributed by atoms with van der Waals surface area (Å²) in [5.41, 5.74) is 2.35. The second kappa shape index (κ2) is 5.40. The average molecular weight is 334 g/mol. The van der Waals surface area contributed by atoms with Gasteiger partial charge in [0.05, 0.1) is 16.1 Å². The summed E-state index contributed by atoms with van der Waals surface area (Å²) >= 11 is 0. The van der Waals surface area contributed by atoms with Gasteiger partial charge in [0.2, 0.25) is 0 Å². The summed E-state index contributed by atoms with van der Waals surface area (Å²) in [4.78, 5) is 4.45. The minimum absolute atomic E-state index is 0.246. The van der Waals surface area contributed by atoms with E-state index in [-0.39, 0.29) is 4.90 Å². The van der Waals surface area contributed by atoms with Crippen molar-refractivity contribution in [1.82, 2.24) is 4.98 Å². The molecule has 0 aliphatic carbocycles. The van der Waals surface area contributed by atoms with Crippen LogP contribution in [0, 0.1) is 0 Å². The van der Waals surface area contributed by atoms with E-state index in [1.165, 1.54) is 12.1 Å². The molecule has 0 atom stereocenters. The molecule has 0 aliphatic heterocycles. The van der Waals surface area contributed by atoms with Crippen molar-refractivity contribution < 1.29 is 13.0 Å². The summed E-state index contributed by atoms with van der Waals surface area (Å²) in [5.74, 6) is 0. The summed E-state index contributed by atoms with van der Waals surface area (Å²) in [6, 6.07) is 21.6. The van der Waals surface area contributed by atoms with Crippen LogP contribution >= 0.6 is 0 Å². The molecule has 0 saturated carbocycles. The van der Waals surface area contributed by atoms with Crippen LogP contribution in [0.3, 0.4) is 0 Å². The maximum Gasteiger partial charge on any atom is 0.124 e. The van der Waals surface area contributed by atoms with E-state index in [4.69, 9.17) is 4.98 Å². The Labute approximate surface area is 139 Å². The van der Waals surface area contributed by atoms with Gasteiger partial charge in [0.1, 0.15) is 10.1 Å². The maximum absolute atomic E-state index is 11.4. The molecule has 5 heteroatoms. The van der Waals surface area contributed by atoms with Gasteiger partial charge in [-0.2, -0.15) is 0 Å². The van der Waals surface area contributed by atoms with E-state index in [2.05, 4.69) is 0 Å². The number of para-hydroxylation sites is 1. The van der Waals surface area contributed by atoms with Gasteiger partial charge in [0.15, 0.2) is 0 Å². The molecule has 0 unspecified atom stereocenters. The van der Waals surface area contributed by atoms with Crippen molar-refractivity contribution in [3.63, 3.8) is 0 Å². The summed E-state index contributed by atoms with van der Waals surface area (Å²) in [7, 11) is -4.52. The predicted molar refractivity (Wildman–Crippen MR) is 92.6 cm³/mol. The number of hydrogen-bond acceptors (Lipinski definition) is 4. The molecule has 0 aliphatic rings. The van der Waals surface area contributed by atoms with Gasteiger partial charge in [0, 0.05) is 16.3 Å². The summed E-state index contributed by atoms with van der Waals surface area (Å²) in [6.45, 7) is 0. The van der Waals surface area contributed by atoms with Crippen molar-refractivity contribution in [2.45, 2.75) is 4.90 Å². The Morgan fingerprint density at radius 2 is 1.46 bits per heavy atom. The zero-order valence-electron chi connectivity index (χ0n) is 12.5. The molecule has 0 spiro atoms. The fourth-order valence-corrected chi connectivity index (χ4v) is 3.40. The van der Waals surface area contributed by atoms with E-state index in [0.29, 0.717) is 11.1 Å². The lowest BCUT2D eigenvalue weighted by Gasteiger charge is -2.13. The number of rotatable bonds is 2. The van der Waals surface area contributed by atoms with Crippen LogP contribution in [0.2, 0.25) is 0 Å². The third kappa shape index (κ3) is 2.44. The van der Waals surface area contributed by atoms with E-state index in [1.54, 1.807) is 6.07 Å². The molecular weight excluding hydrogens is 322 g/mol. The molecule has 4 rings (SSSR count). The highest BCUT2D eigenvalue weighted by Crippen LogP contribution is 2.33. The highest BCUT2D eigenvalue weighted by atomic mass is 32.2. The highest BCUT2D eigenvalue weighted by Gasteiger charge is 2.12. The lowest BCUT2D eigenvalue weighted by Crippen LogP contribution is -1.99. The minimum Gasteiger partial charge on any atom is -0.744 e. The second-order valence-electron chi connectivity index (χ2n) is 5.51. The van der Waals surface area contributed by atoms with Gasteiger partial charge in [-0.05, 0) is 23.6 Å². The molecule has 0 bridgehead atoms. The summed E-state index contributed by atoms with van der Waals surface area (Å²) < 4.78 is 34.2. The van der Waals surface area contributed by atoms with E-state index in [9.17, 15) is 13.0 Å². The minimum atomic E-state index is -4.52. The Kier molecular flexibility index (Phi) is 3.33. The zero-order chi connectivity index (χ0) is 16.7. The van der Waals surface area contributed by atoms with E-state index in [0.717, 1.165) is 21.9 Å². The van der Waals surface area contributed by atoms with Crippen molar-refractivity contribution in [1.29, 1.82) is 0 Å². The van der Waals surface area contributed by atoms with Crippen LogP contribution in [0.1, 0.15) is 0 Å². The molecule has 118 valence electrons. The molecule has 24 heavy (non-hydrogen) atoms. The lowest BCUT2D eigenvalue weighted by molar-refractivity contribution is 0.463. The van der Waals surface area contributed by atoms with Crippen LogP contribution in [-0.4, -0.2) is 18.0 Å². The Morgan fingerprint density at radius 3 is 2.21 bits per heavy atom. The van der Waals surface area contributed by atoms with Crippen LogP contribution in [0.25, 0.3) is 32.9 Å².